The van der Waals surface area contributed by atoms with Crippen molar-refractivity contribution in [1.29, 1.82) is 0 Å². The van der Waals surface area contributed by atoms with E-state index < -0.39 is 0 Å². The normalized spacial score (nSPS) is 12.1. The Labute approximate surface area is 95.1 Å². The number of nitrogen functional groups attached to an aromatic ring is 1. The number of carbonyl (C=O) groups is 1. The minimum absolute atomic E-state index is 0.0335. The molecule has 4 N–H and O–H groups in total. The van der Waals surface area contributed by atoms with Crippen LogP contribution in [0, 0.1) is 0 Å². The van der Waals surface area contributed by atoms with Crippen molar-refractivity contribution in [1.82, 2.24) is 15.5 Å². The average Bonchev–Trinajstić information content (AvgIpc) is 2.59. The van der Waals surface area contributed by atoms with E-state index in [-0.39, 0.29) is 17.6 Å². The monoisotopic (exact) mass is 222 g/mol. The first kappa shape index (κ1) is 12.3. The molecule has 1 aromatic heterocycles. The quantitative estimate of drug-likeness (QED) is 0.655. The van der Waals surface area contributed by atoms with Crippen LogP contribution in [0.15, 0.2) is 12.7 Å². The van der Waals surface area contributed by atoms with E-state index >= 15 is 0 Å². The van der Waals surface area contributed by atoms with Gasteiger partial charge in [0.25, 0.3) is 5.91 Å². The molecule has 0 spiro atoms. The SMILES string of the molecule is C=CCC(C)NC(=O)c1n[nH]c(CC)c1N. The second-order valence-corrected chi connectivity index (χ2v) is 3.72. The summed E-state index contributed by atoms with van der Waals surface area (Å²) in [4.78, 5) is 11.8. The van der Waals surface area contributed by atoms with Gasteiger partial charge >= 0.3 is 0 Å². The molecule has 0 aromatic carbocycles. The number of hydrogen-bond acceptors (Lipinski definition) is 3. The topological polar surface area (TPSA) is 83.8 Å². The number of amides is 1. The van der Waals surface area contributed by atoms with Crippen molar-refractivity contribution in [3.63, 3.8) is 0 Å². The molecule has 0 bridgehead atoms. The lowest BCUT2D eigenvalue weighted by atomic mass is 10.2. The lowest BCUT2D eigenvalue weighted by Crippen LogP contribution is -2.32. The van der Waals surface area contributed by atoms with Crippen LogP contribution in [0.2, 0.25) is 0 Å². The molecular weight excluding hydrogens is 204 g/mol. The zero-order valence-corrected chi connectivity index (χ0v) is 9.71. The largest absolute Gasteiger partial charge is 0.395 e. The van der Waals surface area contributed by atoms with E-state index in [0.29, 0.717) is 5.69 Å². The van der Waals surface area contributed by atoms with E-state index in [4.69, 9.17) is 5.73 Å². The standard InChI is InChI=1S/C11H18N4O/c1-4-6-7(3)13-11(16)10-9(12)8(5-2)14-15-10/h4,7H,1,5-6,12H2,2-3H3,(H,13,16)(H,14,15). The molecule has 16 heavy (non-hydrogen) atoms. The predicted molar refractivity (Wildman–Crippen MR) is 64.1 cm³/mol. The van der Waals surface area contributed by atoms with Gasteiger partial charge in [0.15, 0.2) is 5.69 Å². The zero-order valence-electron chi connectivity index (χ0n) is 9.71. The lowest BCUT2D eigenvalue weighted by molar-refractivity contribution is 0.0936. The lowest BCUT2D eigenvalue weighted by Gasteiger charge is -2.10. The molecule has 5 nitrogen and oxygen atoms in total. The highest BCUT2D eigenvalue weighted by atomic mass is 16.2. The maximum atomic E-state index is 11.8. The summed E-state index contributed by atoms with van der Waals surface area (Å²) >= 11 is 0. The molecule has 0 fully saturated rings. The fourth-order valence-corrected chi connectivity index (χ4v) is 1.43. The van der Waals surface area contributed by atoms with Crippen LogP contribution in [0.5, 0.6) is 0 Å². The first-order valence-electron chi connectivity index (χ1n) is 5.34. The Bertz CT molecular complexity index is 383. The Kier molecular flexibility index (Phi) is 4.10. The number of nitrogens with two attached hydrogens (primary N) is 1. The van der Waals surface area contributed by atoms with E-state index in [2.05, 4.69) is 22.1 Å². The van der Waals surface area contributed by atoms with Crippen molar-refractivity contribution in [2.45, 2.75) is 32.7 Å². The van der Waals surface area contributed by atoms with Gasteiger partial charge in [0, 0.05) is 6.04 Å². The molecule has 1 atom stereocenters. The zero-order chi connectivity index (χ0) is 12.1. The number of aryl methyl sites for hydroxylation is 1. The van der Waals surface area contributed by atoms with Gasteiger partial charge in [0.1, 0.15) is 0 Å². The van der Waals surface area contributed by atoms with Gasteiger partial charge in [-0.15, -0.1) is 6.58 Å². The third kappa shape index (κ3) is 2.62. The Hall–Kier alpha value is -1.78. The first-order valence-corrected chi connectivity index (χ1v) is 5.34. The van der Waals surface area contributed by atoms with Crippen LogP contribution in [0.1, 0.15) is 36.5 Å². The minimum Gasteiger partial charge on any atom is -0.395 e. The number of anilines is 1. The van der Waals surface area contributed by atoms with Crippen LogP contribution >= 0.6 is 0 Å². The summed E-state index contributed by atoms with van der Waals surface area (Å²) in [6.45, 7) is 7.47. The summed E-state index contributed by atoms with van der Waals surface area (Å²) in [6, 6.07) is 0.0335. The molecule has 1 amide bonds. The first-order chi connectivity index (χ1) is 7.60. The Balaban J connectivity index is 2.73. The van der Waals surface area contributed by atoms with Crippen molar-refractivity contribution < 1.29 is 4.79 Å². The van der Waals surface area contributed by atoms with Crippen LogP contribution in [-0.4, -0.2) is 22.1 Å². The molecule has 1 heterocycles. The Morgan fingerprint density at radius 1 is 1.75 bits per heavy atom. The number of nitrogens with one attached hydrogen (secondary N) is 2. The van der Waals surface area contributed by atoms with Gasteiger partial charge in [-0.05, 0) is 19.8 Å². The number of hydrogen-bond donors (Lipinski definition) is 3. The number of nitrogens with zero attached hydrogens (tertiary/aromatic N) is 1. The fraction of sp³-hybridized carbons (Fsp3) is 0.455. The number of aromatic nitrogens is 2. The van der Waals surface area contributed by atoms with E-state index in [1.165, 1.54) is 0 Å². The van der Waals surface area contributed by atoms with Crippen molar-refractivity contribution in [2.75, 3.05) is 5.73 Å². The summed E-state index contributed by atoms with van der Waals surface area (Å²) in [7, 11) is 0. The maximum Gasteiger partial charge on any atom is 0.274 e. The van der Waals surface area contributed by atoms with Crippen LogP contribution in [0.25, 0.3) is 0 Å². The van der Waals surface area contributed by atoms with E-state index in [9.17, 15) is 4.79 Å². The molecule has 0 aliphatic carbocycles. The second kappa shape index (κ2) is 5.34. The summed E-state index contributed by atoms with van der Waals surface area (Å²) in [5.74, 6) is -0.247. The molecule has 1 aromatic rings. The highest BCUT2D eigenvalue weighted by Crippen LogP contribution is 2.14. The molecule has 1 rings (SSSR count). The van der Waals surface area contributed by atoms with E-state index in [1.807, 2.05) is 13.8 Å². The van der Waals surface area contributed by atoms with Crippen LogP contribution < -0.4 is 11.1 Å². The molecular formula is C11H18N4O. The van der Waals surface area contributed by atoms with Gasteiger partial charge < -0.3 is 11.1 Å². The van der Waals surface area contributed by atoms with Gasteiger partial charge in [0.2, 0.25) is 0 Å². The second-order valence-electron chi connectivity index (χ2n) is 3.72. The molecule has 1 unspecified atom stereocenters. The van der Waals surface area contributed by atoms with Gasteiger partial charge in [-0.1, -0.05) is 13.0 Å². The molecule has 0 aliphatic rings. The molecule has 0 saturated heterocycles. The van der Waals surface area contributed by atoms with Gasteiger partial charge in [-0.2, -0.15) is 5.10 Å². The Morgan fingerprint density at radius 3 is 2.94 bits per heavy atom. The van der Waals surface area contributed by atoms with Crippen LogP contribution in [0.3, 0.4) is 0 Å². The number of rotatable bonds is 5. The highest BCUT2D eigenvalue weighted by Gasteiger charge is 2.17. The summed E-state index contributed by atoms with van der Waals surface area (Å²) < 4.78 is 0. The number of H-pyrrole nitrogens is 1. The van der Waals surface area contributed by atoms with Gasteiger partial charge in [-0.3, -0.25) is 9.89 Å². The number of aromatic amines is 1. The van der Waals surface area contributed by atoms with Crippen LogP contribution in [0.4, 0.5) is 5.69 Å². The highest BCUT2D eigenvalue weighted by molar-refractivity contribution is 5.97. The van der Waals surface area contributed by atoms with Gasteiger partial charge in [0.05, 0.1) is 11.4 Å². The average molecular weight is 222 g/mol. The minimum atomic E-state index is -0.247. The maximum absolute atomic E-state index is 11.8. The molecule has 88 valence electrons. The van der Waals surface area contributed by atoms with E-state index in [0.717, 1.165) is 18.5 Å². The molecule has 0 saturated carbocycles. The number of carbonyl (C=O) groups excluding carboxylic acids is 1. The molecule has 0 radical (unpaired) electrons. The molecule has 5 heteroatoms. The van der Waals surface area contributed by atoms with E-state index in [1.54, 1.807) is 6.08 Å². The third-order valence-electron chi connectivity index (χ3n) is 2.35. The summed E-state index contributed by atoms with van der Waals surface area (Å²) in [5, 5.41) is 9.47. The fourth-order valence-electron chi connectivity index (χ4n) is 1.43. The Morgan fingerprint density at radius 2 is 2.44 bits per heavy atom. The summed E-state index contributed by atoms with van der Waals surface area (Å²) in [6.07, 6.45) is 3.21. The van der Waals surface area contributed by atoms with Crippen LogP contribution in [-0.2, 0) is 6.42 Å². The van der Waals surface area contributed by atoms with Gasteiger partial charge in [-0.25, -0.2) is 0 Å². The third-order valence-corrected chi connectivity index (χ3v) is 2.35. The van der Waals surface area contributed by atoms with Crippen molar-refractivity contribution in [3.05, 3.63) is 24.0 Å². The smallest absolute Gasteiger partial charge is 0.274 e. The van der Waals surface area contributed by atoms with Crippen molar-refractivity contribution in [3.8, 4) is 0 Å². The summed E-state index contributed by atoms with van der Waals surface area (Å²) in [5.41, 5.74) is 7.29. The van der Waals surface area contributed by atoms with Crippen molar-refractivity contribution >= 4 is 11.6 Å². The predicted octanol–water partition coefficient (Wildman–Crippen LogP) is 1.25. The molecule has 0 aliphatic heterocycles. The van der Waals surface area contributed by atoms with Crippen molar-refractivity contribution in [2.24, 2.45) is 0 Å².